The quantitative estimate of drug-likeness (QED) is 0.574. The summed E-state index contributed by atoms with van der Waals surface area (Å²) in [7, 11) is -3.68. The van der Waals surface area contributed by atoms with E-state index in [2.05, 4.69) is 21.0 Å². The third-order valence-corrected chi connectivity index (χ3v) is 2.60. The van der Waals surface area contributed by atoms with E-state index in [-0.39, 0.29) is 0 Å². The van der Waals surface area contributed by atoms with E-state index in [1.807, 2.05) is 0 Å². The molecular formula is C3H6O4S2. The largest absolute Gasteiger partial charge is 0.406 e. The lowest BCUT2D eigenvalue weighted by Crippen LogP contribution is -2.45. The predicted molar refractivity (Wildman–Crippen MR) is 33.1 cm³/mol. The summed E-state index contributed by atoms with van der Waals surface area (Å²) in [6.45, 7) is 1.71. The van der Waals surface area contributed by atoms with Crippen molar-refractivity contribution in [2.24, 2.45) is 0 Å². The van der Waals surface area contributed by atoms with Crippen LogP contribution >= 0.6 is 12.6 Å². The van der Waals surface area contributed by atoms with Crippen molar-refractivity contribution in [2.45, 2.75) is 18.5 Å². The Bertz CT molecular complexity index is 194. The van der Waals surface area contributed by atoms with Gasteiger partial charge in [0.25, 0.3) is 5.12 Å². The van der Waals surface area contributed by atoms with Crippen LogP contribution in [0.25, 0.3) is 0 Å². The molecule has 0 amide bonds. The second-order valence-electron chi connectivity index (χ2n) is 1.64. The number of hydrogen-bond donors (Lipinski definition) is 1. The van der Waals surface area contributed by atoms with Crippen LogP contribution in [0.1, 0.15) is 13.3 Å². The van der Waals surface area contributed by atoms with Crippen LogP contribution in [0, 0.1) is 0 Å². The summed E-state index contributed by atoms with van der Waals surface area (Å²) >= 11 is 3.76. The van der Waals surface area contributed by atoms with Gasteiger partial charge in [-0.1, -0.05) is 6.92 Å². The Kier molecular flexibility index (Phi) is 1.51. The van der Waals surface area contributed by atoms with E-state index in [0.717, 1.165) is 0 Å². The van der Waals surface area contributed by atoms with Gasteiger partial charge in [-0.2, -0.15) is 8.42 Å². The molecule has 0 aromatic heterocycles. The summed E-state index contributed by atoms with van der Waals surface area (Å²) in [5, 5.41) is -1.20. The average Bonchev–Trinajstić information content (AvgIpc) is 1.61. The Labute approximate surface area is 58.9 Å². The zero-order valence-corrected chi connectivity index (χ0v) is 6.41. The van der Waals surface area contributed by atoms with E-state index >= 15 is 0 Å². The molecule has 1 fully saturated rings. The van der Waals surface area contributed by atoms with Crippen molar-refractivity contribution in [3.05, 3.63) is 0 Å². The molecule has 1 rings (SSSR count). The molecule has 0 bridgehead atoms. The van der Waals surface area contributed by atoms with Crippen molar-refractivity contribution in [3.8, 4) is 0 Å². The fourth-order valence-electron chi connectivity index (χ4n) is 0.443. The van der Waals surface area contributed by atoms with Gasteiger partial charge < -0.3 is 0 Å². The second kappa shape index (κ2) is 1.85. The summed E-state index contributed by atoms with van der Waals surface area (Å²) in [6, 6.07) is 0. The van der Waals surface area contributed by atoms with E-state index in [1.54, 1.807) is 6.92 Å². The third-order valence-electron chi connectivity index (χ3n) is 0.911. The molecule has 1 saturated heterocycles. The third kappa shape index (κ3) is 1.37. The van der Waals surface area contributed by atoms with Crippen LogP contribution in [-0.4, -0.2) is 13.5 Å². The first-order chi connectivity index (χ1) is 3.97. The van der Waals surface area contributed by atoms with E-state index in [4.69, 9.17) is 0 Å². The van der Waals surface area contributed by atoms with Crippen LogP contribution in [0.5, 0.6) is 0 Å². The first-order valence-corrected chi connectivity index (χ1v) is 4.14. The highest BCUT2D eigenvalue weighted by Crippen LogP contribution is 2.36. The lowest BCUT2D eigenvalue weighted by molar-refractivity contribution is -0.111. The molecule has 0 aliphatic carbocycles. The molecule has 0 unspecified atom stereocenters. The molecule has 1 heterocycles. The van der Waals surface area contributed by atoms with Gasteiger partial charge in [0.05, 0.1) is 0 Å². The minimum absolute atomic E-state index is 0.398. The molecule has 1 aliphatic heterocycles. The maximum absolute atomic E-state index is 10.2. The summed E-state index contributed by atoms with van der Waals surface area (Å²) < 4.78 is 28.9. The van der Waals surface area contributed by atoms with E-state index < -0.39 is 15.5 Å². The molecule has 0 saturated carbocycles. The van der Waals surface area contributed by atoms with Crippen molar-refractivity contribution in [1.82, 2.24) is 0 Å². The first-order valence-electron chi connectivity index (χ1n) is 2.36. The molecule has 0 atom stereocenters. The van der Waals surface area contributed by atoms with Crippen LogP contribution < -0.4 is 0 Å². The monoisotopic (exact) mass is 170 g/mol. The molecule has 0 radical (unpaired) electrons. The van der Waals surface area contributed by atoms with Gasteiger partial charge in [-0.05, 0) is 0 Å². The zero-order valence-electron chi connectivity index (χ0n) is 4.70. The molecule has 0 spiro atoms. The summed E-state index contributed by atoms with van der Waals surface area (Å²) in [6.07, 6.45) is 0.398. The number of hydrogen-bond acceptors (Lipinski definition) is 5. The van der Waals surface area contributed by atoms with Crippen LogP contribution in [0.3, 0.4) is 0 Å². The topological polar surface area (TPSA) is 52.6 Å². The Balaban J connectivity index is 2.61. The van der Waals surface area contributed by atoms with Crippen molar-refractivity contribution in [1.29, 1.82) is 0 Å². The first kappa shape index (κ1) is 7.33. The molecule has 9 heavy (non-hydrogen) atoms. The highest BCUT2D eigenvalue weighted by atomic mass is 32.3. The minimum atomic E-state index is -3.68. The maximum Gasteiger partial charge on any atom is 0.406 e. The van der Waals surface area contributed by atoms with Crippen molar-refractivity contribution in [2.75, 3.05) is 0 Å². The van der Waals surface area contributed by atoms with Gasteiger partial charge in [-0.15, -0.1) is 12.6 Å². The van der Waals surface area contributed by atoms with Gasteiger partial charge in [0, 0.05) is 6.42 Å². The summed E-state index contributed by atoms with van der Waals surface area (Å²) in [5.41, 5.74) is 0. The lowest BCUT2D eigenvalue weighted by atomic mass is 10.5. The zero-order chi connectivity index (χ0) is 7.12. The second-order valence-corrected chi connectivity index (χ2v) is 3.47. The van der Waals surface area contributed by atoms with Gasteiger partial charge in [0.2, 0.25) is 0 Å². The van der Waals surface area contributed by atoms with Crippen molar-refractivity contribution < 1.29 is 16.8 Å². The normalized spacial score (nSPS) is 29.1. The van der Waals surface area contributed by atoms with Gasteiger partial charge in [0.1, 0.15) is 0 Å². The van der Waals surface area contributed by atoms with Crippen LogP contribution in [0.15, 0.2) is 0 Å². The average molecular weight is 170 g/mol. The number of rotatable bonds is 1. The highest BCUT2D eigenvalue weighted by Gasteiger charge is 2.47. The Hall–Kier alpha value is 0.220. The van der Waals surface area contributed by atoms with E-state index in [9.17, 15) is 8.42 Å². The Morgan fingerprint density at radius 1 is 1.56 bits per heavy atom. The molecule has 0 N–H and O–H groups in total. The van der Waals surface area contributed by atoms with E-state index in [1.165, 1.54) is 0 Å². The molecule has 4 nitrogen and oxygen atoms in total. The number of thiol groups is 1. The maximum atomic E-state index is 10.2. The van der Waals surface area contributed by atoms with Gasteiger partial charge in [-0.25, -0.2) is 8.37 Å². The summed E-state index contributed by atoms with van der Waals surface area (Å²) in [5.74, 6) is 0. The molecule has 0 aromatic carbocycles. The lowest BCUT2D eigenvalue weighted by Gasteiger charge is -2.33. The molecule has 0 aromatic rings. The standard InChI is InChI=1S/C3H6O4S2/c1-2-3(8)6-9(4,5)7-3/h8H,2H2,1H3. The predicted octanol–water partition coefficient (Wildman–Crippen LogP) is 0.272. The fraction of sp³-hybridized carbons (Fsp3) is 1.00. The van der Waals surface area contributed by atoms with Crippen LogP contribution in [-0.2, 0) is 18.8 Å². The van der Waals surface area contributed by atoms with Crippen molar-refractivity contribution >= 4 is 23.0 Å². The van der Waals surface area contributed by atoms with Gasteiger partial charge in [0.15, 0.2) is 0 Å². The summed E-state index contributed by atoms with van der Waals surface area (Å²) in [4.78, 5) is 0. The molecular weight excluding hydrogens is 164 g/mol. The van der Waals surface area contributed by atoms with Gasteiger partial charge in [-0.3, -0.25) is 0 Å². The SMILES string of the molecule is CCC1(S)OS(=O)(=O)O1. The van der Waals surface area contributed by atoms with Crippen LogP contribution in [0.4, 0.5) is 0 Å². The molecule has 6 heteroatoms. The molecule has 1 aliphatic rings. The molecule has 54 valence electrons. The minimum Gasteiger partial charge on any atom is -0.202 e. The fourth-order valence-corrected chi connectivity index (χ4v) is 1.88. The Morgan fingerprint density at radius 2 is 2.00 bits per heavy atom. The van der Waals surface area contributed by atoms with Crippen LogP contribution in [0.2, 0.25) is 0 Å². The van der Waals surface area contributed by atoms with E-state index in [0.29, 0.717) is 6.42 Å². The van der Waals surface area contributed by atoms with Crippen molar-refractivity contribution in [3.63, 3.8) is 0 Å². The highest BCUT2D eigenvalue weighted by molar-refractivity contribution is 7.88. The van der Waals surface area contributed by atoms with Gasteiger partial charge >= 0.3 is 10.4 Å². The Morgan fingerprint density at radius 3 is 2.11 bits per heavy atom. The smallest absolute Gasteiger partial charge is 0.202 e.